The predicted octanol–water partition coefficient (Wildman–Crippen LogP) is 15.3. The first-order chi connectivity index (χ1) is 29.0. The van der Waals surface area contributed by atoms with Crippen molar-refractivity contribution in [1.82, 2.24) is 9.13 Å². The molecule has 0 unspecified atom stereocenters. The maximum Gasteiger partial charge on any atom is 0.0541 e. The van der Waals surface area contributed by atoms with Crippen LogP contribution in [0.1, 0.15) is 25.0 Å². The number of hydrogen-bond acceptors (Lipinski definition) is 0. The van der Waals surface area contributed by atoms with Crippen LogP contribution in [-0.2, 0) is 5.41 Å². The quantitative estimate of drug-likeness (QED) is 0.159. The van der Waals surface area contributed by atoms with Gasteiger partial charge in [-0.05, 0) is 126 Å². The second-order valence-electron chi connectivity index (χ2n) is 16.9. The molecule has 0 saturated heterocycles. The molecule has 2 nitrogen and oxygen atoms in total. The van der Waals surface area contributed by atoms with Crippen molar-refractivity contribution in [2.24, 2.45) is 0 Å². The highest BCUT2D eigenvalue weighted by molar-refractivity contribution is 6.27. The van der Waals surface area contributed by atoms with Gasteiger partial charge in [0.25, 0.3) is 0 Å². The number of benzene rings is 10. The van der Waals surface area contributed by atoms with Crippen molar-refractivity contribution < 1.29 is 0 Å². The molecule has 2 aromatic heterocycles. The van der Waals surface area contributed by atoms with E-state index in [1.807, 2.05) is 0 Å². The lowest BCUT2D eigenvalue weighted by atomic mass is 9.81. The molecule has 0 saturated carbocycles. The van der Waals surface area contributed by atoms with Crippen LogP contribution in [0.3, 0.4) is 0 Å². The van der Waals surface area contributed by atoms with E-state index in [9.17, 15) is 0 Å². The Hall–Kier alpha value is -7.42. The van der Waals surface area contributed by atoms with Crippen LogP contribution in [0.4, 0.5) is 0 Å². The van der Waals surface area contributed by atoms with Crippen LogP contribution in [-0.4, -0.2) is 9.13 Å². The van der Waals surface area contributed by atoms with Gasteiger partial charge in [-0.3, -0.25) is 0 Å². The Bertz CT molecular complexity index is 3520. The molecule has 0 bridgehead atoms. The lowest BCUT2D eigenvalue weighted by Crippen LogP contribution is -2.14. The van der Waals surface area contributed by atoms with Gasteiger partial charge in [0.2, 0.25) is 0 Å². The Labute approximate surface area is 341 Å². The van der Waals surface area contributed by atoms with E-state index in [1.54, 1.807) is 0 Å². The Morgan fingerprint density at radius 2 is 0.712 bits per heavy atom. The molecule has 0 N–H and O–H groups in total. The van der Waals surface area contributed by atoms with Crippen LogP contribution in [0.2, 0.25) is 0 Å². The summed E-state index contributed by atoms with van der Waals surface area (Å²) in [5.41, 5.74) is 14.9. The summed E-state index contributed by atoms with van der Waals surface area (Å²) in [6.07, 6.45) is 0. The molecule has 2 heteroatoms. The Morgan fingerprint density at radius 3 is 1.25 bits per heavy atom. The minimum atomic E-state index is -0.0749. The zero-order valence-electron chi connectivity index (χ0n) is 32.9. The van der Waals surface area contributed by atoms with Crippen molar-refractivity contribution in [3.63, 3.8) is 0 Å². The van der Waals surface area contributed by atoms with E-state index in [2.05, 4.69) is 217 Å². The fraction of sp³-hybridized carbons (Fsp3) is 0.0526. The largest absolute Gasteiger partial charge is 0.309 e. The van der Waals surface area contributed by atoms with E-state index in [-0.39, 0.29) is 5.41 Å². The number of hydrogen-bond donors (Lipinski definition) is 0. The first-order valence-corrected chi connectivity index (χ1v) is 20.7. The van der Waals surface area contributed by atoms with Gasteiger partial charge in [-0.2, -0.15) is 0 Å². The molecule has 276 valence electrons. The van der Waals surface area contributed by atoms with Gasteiger partial charge in [0, 0.05) is 38.3 Å². The Kier molecular flexibility index (Phi) is 6.54. The summed E-state index contributed by atoms with van der Waals surface area (Å²) < 4.78 is 4.91. The minimum absolute atomic E-state index is 0.0749. The van der Waals surface area contributed by atoms with Crippen molar-refractivity contribution >= 4 is 75.9 Å². The van der Waals surface area contributed by atoms with Gasteiger partial charge in [-0.15, -0.1) is 0 Å². The van der Waals surface area contributed by atoms with Crippen LogP contribution in [0.15, 0.2) is 194 Å². The molecule has 0 radical (unpaired) electrons. The minimum Gasteiger partial charge on any atom is -0.309 e. The van der Waals surface area contributed by atoms with Crippen LogP contribution in [0, 0.1) is 0 Å². The topological polar surface area (TPSA) is 9.86 Å². The summed E-state index contributed by atoms with van der Waals surface area (Å²) >= 11 is 0. The molecule has 59 heavy (non-hydrogen) atoms. The van der Waals surface area contributed by atoms with Crippen LogP contribution in [0.5, 0.6) is 0 Å². The molecular formula is C57H38N2. The fourth-order valence-corrected chi connectivity index (χ4v) is 10.7. The summed E-state index contributed by atoms with van der Waals surface area (Å²) in [7, 11) is 0. The third-order valence-electron chi connectivity index (χ3n) is 13.5. The van der Waals surface area contributed by atoms with Crippen LogP contribution in [0.25, 0.3) is 110 Å². The molecule has 1 aliphatic carbocycles. The summed E-state index contributed by atoms with van der Waals surface area (Å²) in [6.45, 7) is 4.76. The second kappa shape index (κ2) is 11.8. The molecule has 0 amide bonds. The highest BCUT2D eigenvalue weighted by Gasteiger charge is 2.35. The van der Waals surface area contributed by atoms with E-state index in [0.717, 1.165) is 11.4 Å². The number of para-hydroxylation sites is 4. The van der Waals surface area contributed by atoms with Gasteiger partial charge in [-0.1, -0.05) is 147 Å². The van der Waals surface area contributed by atoms with E-state index in [1.165, 1.54) is 109 Å². The van der Waals surface area contributed by atoms with Crippen LogP contribution >= 0.6 is 0 Å². The molecule has 12 aromatic rings. The third-order valence-corrected chi connectivity index (χ3v) is 13.5. The van der Waals surface area contributed by atoms with Crippen LogP contribution < -0.4 is 0 Å². The maximum atomic E-state index is 2.50. The van der Waals surface area contributed by atoms with Gasteiger partial charge < -0.3 is 9.13 Å². The summed E-state index contributed by atoms with van der Waals surface area (Å²) in [5, 5.41) is 12.8. The number of nitrogens with zero attached hydrogens (tertiary/aromatic N) is 2. The van der Waals surface area contributed by atoms with E-state index < -0.39 is 0 Å². The average molecular weight is 751 g/mol. The highest BCUT2D eigenvalue weighted by atomic mass is 15.0. The Morgan fingerprint density at radius 1 is 0.288 bits per heavy atom. The molecule has 1 aliphatic rings. The number of aromatic nitrogens is 2. The monoisotopic (exact) mass is 750 g/mol. The lowest BCUT2D eigenvalue weighted by Gasteiger charge is -2.22. The van der Waals surface area contributed by atoms with Crippen molar-refractivity contribution in [2.75, 3.05) is 0 Å². The molecule has 0 atom stereocenters. The molecule has 0 fully saturated rings. The first kappa shape index (κ1) is 32.6. The first-order valence-electron chi connectivity index (χ1n) is 20.7. The SMILES string of the molecule is CC1(C)c2ccccc2-c2cc3c4ccccc4c4cc(-c5cc(-n6c7ccccc7c7ccccc76)cc(-n6c7ccccc7c7ccccc76)c5)ccc4c3cc21. The van der Waals surface area contributed by atoms with Gasteiger partial charge >= 0.3 is 0 Å². The van der Waals surface area contributed by atoms with Crippen molar-refractivity contribution in [3.8, 4) is 33.6 Å². The number of rotatable bonds is 3. The predicted molar refractivity (Wildman–Crippen MR) is 251 cm³/mol. The highest BCUT2D eigenvalue weighted by Crippen LogP contribution is 2.51. The molecule has 0 spiro atoms. The number of fused-ring (bicyclic) bond motifs is 15. The zero-order chi connectivity index (χ0) is 39.0. The van der Waals surface area contributed by atoms with Gasteiger partial charge in [0.15, 0.2) is 0 Å². The van der Waals surface area contributed by atoms with Gasteiger partial charge in [-0.25, -0.2) is 0 Å². The zero-order valence-corrected chi connectivity index (χ0v) is 32.9. The average Bonchev–Trinajstić information content (AvgIpc) is 3.89. The van der Waals surface area contributed by atoms with E-state index in [4.69, 9.17) is 0 Å². The van der Waals surface area contributed by atoms with Crippen molar-refractivity contribution in [2.45, 2.75) is 19.3 Å². The van der Waals surface area contributed by atoms with Gasteiger partial charge in [0.05, 0.1) is 22.1 Å². The smallest absolute Gasteiger partial charge is 0.0541 e. The fourth-order valence-electron chi connectivity index (χ4n) is 10.7. The second-order valence-corrected chi connectivity index (χ2v) is 16.9. The summed E-state index contributed by atoms with van der Waals surface area (Å²) in [4.78, 5) is 0. The molecule has 10 aromatic carbocycles. The van der Waals surface area contributed by atoms with Crippen molar-refractivity contribution in [3.05, 3.63) is 205 Å². The third kappa shape index (κ3) is 4.46. The molecule has 2 heterocycles. The lowest BCUT2D eigenvalue weighted by molar-refractivity contribution is 0.661. The molecule has 0 aliphatic heterocycles. The van der Waals surface area contributed by atoms with Crippen molar-refractivity contribution in [1.29, 1.82) is 0 Å². The summed E-state index contributed by atoms with van der Waals surface area (Å²) in [5.74, 6) is 0. The van der Waals surface area contributed by atoms with E-state index in [0.29, 0.717) is 0 Å². The normalized spacial score (nSPS) is 13.4. The standard InChI is InChI=1S/C57H38N2/c1-57(2)51-22-10-5-17-42(51)50-33-48-40-16-4-3-15-39(40)47-31-35(27-28-41(47)49(48)34-52(50)57)36-29-37(58-53-23-11-6-18-43(53)44-19-7-12-24-54(44)58)32-38(30-36)59-55-25-13-8-20-45(55)46-21-9-14-26-56(46)59/h3-34H,1-2H3. The Balaban J connectivity index is 1.11. The van der Waals surface area contributed by atoms with E-state index >= 15 is 0 Å². The molecular weight excluding hydrogens is 713 g/mol. The maximum absolute atomic E-state index is 2.50. The summed E-state index contributed by atoms with van der Waals surface area (Å²) in [6, 6.07) is 72.5. The molecule has 13 rings (SSSR count). The van der Waals surface area contributed by atoms with Gasteiger partial charge in [0.1, 0.15) is 0 Å².